The third-order valence-electron chi connectivity index (χ3n) is 2.77. The fraction of sp³-hybridized carbons (Fsp3) is 0.692. The molecular formula is C13H19FO2. The molecule has 1 aliphatic heterocycles. The highest BCUT2D eigenvalue weighted by Crippen LogP contribution is 2.29. The average Bonchev–Trinajstić information content (AvgIpc) is 2.25. The lowest BCUT2D eigenvalue weighted by Gasteiger charge is -2.29. The van der Waals surface area contributed by atoms with Gasteiger partial charge in [-0.3, -0.25) is 0 Å². The van der Waals surface area contributed by atoms with Crippen LogP contribution in [0.5, 0.6) is 0 Å². The highest BCUT2D eigenvalue weighted by molar-refractivity contribution is 5.28. The molecule has 2 aliphatic rings. The quantitative estimate of drug-likeness (QED) is 0.736. The Hall–Kier alpha value is -0.830. The van der Waals surface area contributed by atoms with Crippen molar-refractivity contribution in [2.45, 2.75) is 44.9 Å². The molecule has 3 heteroatoms. The monoisotopic (exact) mass is 226 g/mol. The van der Waals surface area contributed by atoms with Crippen LogP contribution in [0.25, 0.3) is 0 Å². The lowest BCUT2D eigenvalue weighted by Crippen LogP contribution is -2.31. The van der Waals surface area contributed by atoms with Crippen molar-refractivity contribution >= 4 is 0 Å². The fourth-order valence-corrected chi connectivity index (χ4v) is 1.96. The van der Waals surface area contributed by atoms with E-state index in [1.165, 1.54) is 19.4 Å². The van der Waals surface area contributed by atoms with Crippen LogP contribution in [-0.4, -0.2) is 25.0 Å². The van der Waals surface area contributed by atoms with Gasteiger partial charge in [0, 0.05) is 12.8 Å². The van der Waals surface area contributed by atoms with E-state index in [9.17, 15) is 4.39 Å². The molecule has 0 aromatic rings. The first-order chi connectivity index (χ1) is 7.54. The summed E-state index contributed by atoms with van der Waals surface area (Å²) in [4.78, 5) is 0. The molecule has 1 atom stereocenters. The van der Waals surface area contributed by atoms with Gasteiger partial charge in [0.2, 0.25) is 0 Å². The lowest BCUT2D eigenvalue weighted by molar-refractivity contribution is -0.0494. The summed E-state index contributed by atoms with van der Waals surface area (Å²) in [7, 11) is 0. The first-order valence-electron chi connectivity index (χ1n) is 5.86. The molecule has 2 rings (SSSR count). The van der Waals surface area contributed by atoms with Crippen LogP contribution >= 0.6 is 0 Å². The highest BCUT2D eigenvalue weighted by atomic mass is 19.1. The van der Waals surface area contributed by atoms with E-state index in [2.05, 4.69) is 12.2 Å². The average molecular weight is 226 g/mol. The largest absolute Gasteiger partial charge is 0.495 e. The van der Waals surface area contributed by atoms with Crippen molar-refractivity contribution in [3.05, 3.63) is 23.5 Å². The van der Waals surface area contributed by atoms with Gasteiger partial charge in [-0.1, -0.05) is 12.2 Å². The summed E-state index contributed by atoms with van der Waals surface area (Å²) in [5.74, 6) is 1.10. The molecule has 0 spiro atoms. The van der Waals surface area contributed by atoms with Crippen LogP contribution in [0.3, 0.4) is 0 Å². The smallest absolute Gasteiger partial charge is 0.128 e. The third-order valence-corrected chi connectivity index (χ3v) is 2.77. The van der Waals surface area contributed by atoms with E-state index in [0.717, 1.165) is 25.0 Å². The van der Waals surface area contributed by atoms with E-state index in [1.54, 1.807) is 0 Å². The molecule has 1 aliphatic carbocycles. The van der Waals surface area contributed by atoms with Crippen LogP contribution in [0.2, 0.25) is 0 Å². The van der Waals surface area contributed by atoms with Crippen molar-refractivity contribution in [2.75, 3.05) is 13.2 Å². The lowest BCUT2D eigenvalue weighted by atomic mass is 9.97. The van der Waals surface area contributed by atoms with E-state index >= 15 is 0 Å². The number of ether oxygens (including phenoxy) is 2. The number of hydrogen-bond acceptors (Lipinski definition) is 2. The maximum absolute atomic E-state index is 13.3. The standard InChI is InChI=1S/C13H19FO2/c1-13(2,14)9-16-11-7-10-5-3-4-6-12(10)15-8-11/h3,5,11H,4,6-9H2,1-2H3. The molecule has 0 amide bonds. The van der Waals surface area contributed by atoms with Crippen molar-refractivity contribution in [1.29, 1.82) is 0 Å². The predicted octanol–water partition coefficient (Wildman–Crippen LogP) is 3.14. The minimum absolute atomic E-state index is 0.00322. The van der Waals surface area contributed by atoms with E-state index in [0.29, 0.717) is 6.61 Å². The Balaban J connectivity index is 1.88. The zero-order valence-corrected chi connectivity index (χ0v) is 9.96. The van der Waals surface area contributed by atoms with Crippen molar-refractivity contribution < 1.29 is 13.9 Å². The first-order valence-corrected chi connectivity index (χ1v) is 5.86. The second-order valence-corrected chi connectivity index (χ2v) is 5.06. The fourth-order valence-electron chi connectivity index (χ4n) is 1.96. The van der Waals surface area contributed by atoms with Crippen LogP contribution in [0, 0.1) is 0 Å². The van der Waals surface area contributed by atoms with E-state index in [-0.39, 0.29) is 12.7 Å². The third kappa shape index (κ3) is 3.08. The number of hydrogen-bond donors (Lipinski definition) is 0. The molecule has 1 heterocycles. The van der Waals surface area contributed by atoms with E-state index in [4.69, 9.17) is 9.47 Å². The number of halogens is 1. The van der Waals surface area contributed by atoms with Crippen LogP contribution in [-0.2, 0) is 9.47 Å². The summed E-state index contributed by atoms with van der Waals surface area (Å²) in [6.07, 6.45) is 7.16. The normalized spacial score (nSPS) is 25.3. The summed E-state index contributed by atoms with van der Waals surface area (Å²) in [5, 5.41) is 0. The maximum Gasteiger partial charge on any atom is 0.128 e. The van der Waals surface area contributed by atoms with Crippen molar-refractivity contribution in [2.24, 2.45) is 0 Å². The summed E-state index contributed by atoms with van der Waals surface area (Å²) in [6.45, 7) is 3.75. The maximum atomic E-state index is 13.3. The van der Waals surface area contributed by atoms with Gasteiger partial charge in [-0.2, -0.15) is 0 Å². The van der Waals surface area contributed by atoms with Gasteiger partial charge in [0.05, 0.1) is 18.5 Å². The molecule has 90 valence electrons. The van der Waals surface area contributed by atoms with Gasteiger partial charge in [-0.25, -0.2) is 4.39 Å². The molecule has 2 nitrogen and oxygen atoms in total. The van der Waals surface area contributed by atoms with Crippen LogP contribution < -0.4 is 0 Å². The Bertz CT molecular complexity index is 312. The SMILES string of the molecule is CC(C)(F)COC1COC2=C(C=CCC2)C1. The highest BCUT2D eigenvalue weighted by Gasteiger charge is 2.25. The Morgan fingerprint density at radius 2 is 2.38 bits per heavy atom. The molecule has 0 aromatic heterocycles. The minimum Gasteiger partial charge on any atom is -0.495 e. The van der Waals surface area contributed by atoms with Crippen molar-refractivity contribution in [3.63, 3.8) is 0 Å². The summed E-state index contributed by atoms with van der Waals surface area (Å²) in [5.41, 5.74) is -0.0454. The molecule has 0 aromatic carbocycles. The number of alkyl halides is 1. The zero-order chi connectivity index (χ0) is 11.6. The van der Waals surface area contributed by atoms with Crippen molar-refractivity contribution in [1.82, 2.24) is 0 Å². The van der Waals surface area contributed by atoms with Gasteiger partial charge >= 0.3 is 0 Å². The molecule has 0 bridgehead atoms. The molecule has 0 saturated carbocycles. The van der Waals surface area contributed by atoms with E-state index < -0.39 is 5.67 Å². The Morgan fingerprint density at radius 1 is 1.56 bits per heavy atom. The molecule has 0 radical (unpaired) electrons. The summed E-state index contributed by atoms with van der Waals surface area (Å²) in [6, 6.07) is 0. The second-order valence-electron chi connectivity index (χ2n) is 5.06. The molecule has 0 N–H and O–H groups in total. The summed E-state index contributed by atoms with van der Waals surface area (Å²) >= 11 is 0. The van der Waals surface area contributed by atoms with Crippen LogP contribution in [0.1, 0.15) is 33.1 Å². The number of rotatable bonds is 3. The number of allylic oxidation sites excluding steroid dienone is 3. The Labute approximate surface area is 96.1 Å². The van der Waals surface area contributed by atoms with Gasteiger partial charge < -0.3 is 9.47 Å². The Morgan fingerprint density at radius 3 is 3.12 bits per heavy atom. The van der Waals surface area contributed by atoms with Gasteiger partial charge in [-0.15, -0.1) is 0 Å². The minimum atomic E-state index is -1.27. The van der Waals surface area contributed by atoms with Crippen molar-refractivity contribution in [3.8, 4) is 0 Å². The van der Waals surface area contributed by atoms with Gasteiger partial charge in [-0.05, 0) is 25.8 Å². The van der Waals surface area contributed by atoms with Gasteiger partial charge in [0.25, 0.3) is 0 Å². The summed E-state index contributed by atoms with van der Waals surface area (Å²) < 4.78 is 24.5. The van der Waals surface area contributed by atoms with Gasteiger partial charge in [0.15, 0.2) is 0 Å². The first kappa shape index (κ1) is 11.6. The molecule has 0 saturated heterocycles. The zero-order valence-electron chi connectivity index (χ0n) is 9.96. The molecule has 16 heavy (non-hydrogen) atoms. The van der Waals surface area contributed by atoms with Crippen LogP contribution in [0.15, 0.2) is 23.5 Å². The van der Waals surface area contributed by atoms with Gasteiger partial charge in [0.1, 0.15) is 12.3 Å². The second kappa shape index (κ2) is 4.58. The topological polar surface area (TPSA) is 18.5 Å². The molecular weight excluding hydrogens is 207 g/mol. The predicted molar refractivity (Wildman–Crippen MR) is 60.9 cm³/mol. The molecule has 0 fully saturated rings. The Kier molecular flexibility index (Phi) is 3.33. The van der Waals surface area contributed by atoms with Crippen LogP contribution in [0.4, 0.5) is 4.39 Å². The van der Waals surface area contributed by atoms with E-state index in [1.807, 2.05) is 0 Å². The molecule has 1 unspecified atom stereocenters.